The van der Waals surface area contributed by atoms with Crippen molar-refractivity contribution >= 4 is 23.2 Å². The highest BCUT2D eigenvalue weighted by Crippen LogP contribution is 2.27. The van der Waals surface area contributed by atoms with Crippen molar-refractivity contribution in [3.05, 3.63) is 33.3 Å². The third-order valence-electron chi connectivity index (χ3n) is 1.91. The Labute approximate surface area is 87.3 Å². The molecule has 0 saturated heterocycles. The highest BCUT2D eigenvalue weighted by molar-refractivity contribution is 6.36. The first-order chi connectivity index (χ1) is 6.06. The fourth-order valence-corrected chi connectivity index (χ4v) is 1.50. The molecule has 72 valence electrons. The minimum absolute atomic E-state index is 0.162. The third kappa shape index (κ3) is 2.35. The Morgan fingerprint density at radius 2 is 1.85 bits per heavy atom. The lowest BCUT2D eigenvalue weighted by Gasteiger charge is -2.10. The van der Waals surface area contributed by atoms with Crippen molar-refractivity contribution < 1.29 is 5.11 Å². The summed E-state index contributed by atoms with van der Waals surface area (Å²) in [6, 6.07) is 3.36. The molecule has 0 aliphatic carbocycles. The van der Waals surface area contributed by atoms with Crippen molar-refractivity contribution in [1.29, 1.82) is 0 Å². The molecular formula is C9H11Cl2NO. The Bertz CT molecular complexity index is 291. The van der Waals surface area contributed by atoms with Crippen LogP contribution in [0.1, 0.15) is 17.2 Å². The zero-order valence-corrected chi connectivity index (χ0v) is 8.73. The molecule has 1 aromatic carbocycles. The first-order valence-electron chi connectivity index (χ1n) is 3.90. The van der Waals surface area contributed by atoms with Gasteiger partial charge in [0, 0.05) is 16.6 Å². The fourth-order valence-electron chi connectivity index (χ4n) is 0.993. The van der Waals surface area contributed by atoms with Crippen LogP contribution in [0.4, 0.5) is 0 Å². The fraction of sp³-hybridized carbons (Fsp3) is 0.333. The van der Waals surface area contributed by atoms with E-state index in [-0.39, 0.29) is 6.54 Å². The van der Waals surface area contributed by atoms with Gasteiger partial charge in [0.1, 0.15) is 0 Å². The molecule has 0 aliphatic heterocycles. The second-order valence-corrected chi connectivity index (χ2v) is 3.68. The molecule has 13 heavy (non-hydrogen) atoms. The molecular weight excluding hydrogens is 209 g/mol. The number of nitrogens with two attached hydrogens (primary N) is 1. The monoisotopic (exact) mass is 219 g/mol. The SMILES string of the molecule is Cc1c(Cl)cc(C(O)CN)cc1Cl. The summed E-state index contributed by atoms with van der Waals surface area (Å²) < 4.78 is 0. The second-order valence-electron chi connectivity index (χ2n) is 2.86. The normalized spacial score (nSPS) is 13.0. The summed E-state index contributed by atoms with van der Waals surface area (Å²) in [6.07, 6.45) is -0.699. The van der Waals surface area contributed by atoms with Gasteiger partial charge in [0.05, 0.1) is 6.10 Å². The first kappa shape index (κ1) is 10.8. The van der Waals surface area contributed by atoms with Gasteiger partial charge in [-0.05, 0) is 30.2 Å². The van der Waals surface area contributed by atoms with Crippen LogP contribution in [0.2, 0.25) is 10.0 Å². The highest BCUT2D eigenvalue weighted by Gasteiger charge is 2.09. The largest absolute Gasteiger partial charge is 0.387 e. The summed E-state index contributed by atoms with van der Waals surface area (Å²) in [5, 5.41) is 10.5. The van der Waals surface area contributed by atoms with Crippen molar-refractivity contribution in [2.24, 2.45) is 5.73 Å². The van der Waals surface area contributed by atoms with Crippen molar-refractivity contribution in [3.8, 4) is 0 Å². The van der Waals surface area contributed by atoms with Crippen LogP contribution in [0.25, 0.3) is 0 Å². The van der Waals surface area contributed by atoms with E-state index in [0.29, 0.717) is 15.6 Å². The molecule has 3 N–H and O–H groups in total. The lowest BCUT2D eigenvalue weighted by molar-refractivity contribution is 0.187. The average Bonchev–Trinajstić information content (AvgIpc) is 2.12. The van der Waals surface area contributed by atoms with Gasteiger partial charge in [-0.15, -0.1) is 0 Å². The van der Waals surface area contributed by atoms with E-state index in [1.807, 2.05) is 6.92 Å². The van der Waals surface area contributed by atoms with E-state index in [1.165, 1.54) is 0 Å². The summed E-state index contributed by atoms with van der Waals surface area (Å²) in [6.45, 7) is 1.99. The molecule has 1 unspecified atom stereocenters. The predicted molar refractivity (Wildman–Crippen MR) is 55.2 cm³/mol. The maximum absolute atomic E-state index is 9.43. The number of rotatable bonds is 2. The van der Waals surface area contributed by atoms with Crippen LogP contribution in [0.15, 0.2) is 12.1 Å². The number of halogens is 2. The molecule has 4 heteroatoms. The zero-order chi connectivity index (χ0) is 10.0. The second kappa shape index (κ2) is 4.29. The van der Waals surface area contributed by atoms with E-state index < -0.39 is 6.10 Å². The van der Waals surface area contributed by atoms with Gasteiger partial charge in [-0.2, -0.15) is 0 Å². The molecule has 0 aromatic heterocycles. The van der Waals surface area contributed by atoms with Crippen molar-refractivity contribution in [3.63, 3.8) is 0 Å². The van der Waals surface area contributed by atoms with Crippen LogP contribution in [-0.4, -0.2) is 11.7 Å². The minimum atomic E-state index is -0.699. The van der Waals surface area contributed by atoms with Gasteiger partial charge in [-0.3, -0.25) is 0 Å². The Morgan fingerprint density at radius 3 is 2.23 bits per heavy atom. The molecule has 0 bridgehead atoms. The van der Waals surface area contributed by atoms with Crippen LogP contribution in [-0.2, 0) is 0 Å². The predicted octanol–water partition coefficient (Wildman–Crippen LogP) is 2.29. The molecule has 0 radical (unpaired) electrons. The number of hydrogen-bond donors (Lipinski definition) is 2. The Hall–Kier alpha value is -0.280. The van der Waals surface area contributed by atoms with Crippen LogP contribution in [0.3, 0.4) is 0 Å². The van der Waals surface area contributed by atoms with Crippen molar-refractivity contribution in [1.82, 2.24) is 0 Å². The lowest BCUT2D eigenvalue weighted by atomic mass is 10.1. The highest BCUT2D eigenvalue weighted by atomic mass is 35.5. The van der Waals surface area contributed by atoms with E-state index in [4.69, 9.17) is 28.9 Å². The van der Waals surface area contributed by atoms with Crippen LogP contribution < -0.4 is 5.73 Å². The number of hydrogen-bond acceptors (Lipinski definition) is 2. The summed E-state index contributed by atoms with van der Waals surface area (Å²) in [5.74, 6) is 0. The first-order valence-corrected chi connectivity index (χ1v) is 4.65. The van der Waals surface area contributed by atoms with Crippen molar-refractivity contribution in [2.45, 2.75) is 13.0 Å². The van der Waals surface area contributed by atoms with E-state index in [0.717, 1.165) is 5.56 Å². The van der Waals surface area contributed by atoms with E-state index in [1.54, 1.807) is 12.1 Å². The molecule has 0 saturated carbocycles. The van der Waals surface area contributed by atoms with Gasteiger partial charge >= 0.3 is 0 Å². The maximum Gasteiger partial charge on any atom is 0.0913 e. The Balaban J connectivity index is 3.13. The number of benzene rings is 1. The van der Waals surface area contributed by atoms with Crippen LogP contribution >= 0.6 is 23.2 Å². The van der Waals surface area contributed by atoms with Crippen molar-refractivity contribution in [2.75, 3.05) is 6.54 Å². The van der Waals surface area contributed by atoms with Crippen LogP contribution in [0, 0.1) is 6.92 Å². The Kier molecular flexibility index (Phi) is 3.56. The smallest absolute Gasteiger partial charge is 0.0913 e. The summed E-state index contributed by atoms with van der Waals surface area (Å²) in [4.78, 5) is 0. The molecule has 0 fully saturated rings. The van der Waals surface area contributed by atoms with E-state index >= 15 is 0 Å². The van der Waals surface area contributed by atoms with Gasteiger partial charge < -0.3 is 10.8 Å². The van der Waals surface area contributed by atoms with Gasteiger partial charge in [0.25, 0.3) is 0 Å². The Morgan fingerprint density at radius 1 is 1.38 bits per heavy atom. The standard InChI is InChI=1S/C9H11Cl2NO/c1-5-7(10)2-6(3-8(5)11)9(13)4-12/h2-3,9,13H,4,12H2,1H3. The number of aliphatic hydroxyl groups is 1. The van der Waals surface area contributed by atoms with Gasteiger partial charge in [0.2, 0.25) is 0 Å². The quantitative estimate of drug-likeness (QED) is 0.803. The molecule has 0 spiro atoms. The molecule has 2 nitrogen and oxygen atoms in total. The summed E-state index contributed by atoms with van der Waals surface area (Å²) in [7, 11) is 0. The summed E-state index contributed by atoms with van der Waals surface area (Å²) >= 11 is 11.8. The summed E-state index contributed by atoms with van der Waals surface area (Å²) in [5.41, 5.74) is 6.78. The van der Waals surface area contributed by atoms with Gasteiger partial charge in [0.15, 0.2) is 0 Å². The number of aliphatic hydroxyl groups excluding tert-OH is 1. The van der Waals surface area contributed by atoms with Gasteiger partial charge in [-0.1, -0.05) is 23.2 Å². The maximum atomic E-state index is 9.43. The molecule has 0 heterocycles. The van der Waals surface area contributed by atoms with E-state index in [2.05, 4.69) is 0 Å². The molecule has 0 aliphatic rings. The molecule has 0 amide bonds. The van der Waals surface area contributed by atoms with Gasteiger partial charge in [-0.25, -0.2) is 0 Å². The molecule has 1 rings (SSSR count). The molecule has 1 atom stereocenters. The average molecular weight is 220 g/mol. The topological polar surface area (TPSA) is 46.2 Å². The van der Waals surface area contributed by atoms with Crippen LogP contribution in [0.5, 0.6) is 0 Å². The zero-order valence-electron chi connectivity index (χ0n) is 7.22. The lowest BCUT2D eigenvalue weighted by Crippen LogP contribution is -2.11. The third-order valence-corrected chi connectivity index (χ3v) is 2.70. The van der Waals surface area contributed by atoms with E-state index in [9.17, 15) is 5.11 Å². The molecule has 1 aromatic rings. The minimum Gasteiger partial charge on any atom is -0.387 e.